The van der Waals surface area contributed by atoms with Crippen molar-refractivity contribution in [3.63, 3.8) is 0 Å². The third kappa shape index (κ3) is 3.18. The molecule has 2 heterocycles. The lowest BCUT2D eigenvalue weighted by Crippen LogP contribution is -2.48. The van der Waals surface area contributed by atoms with Gasteiger partial charge in [0, 0.05) is 24.0 Å². The van der Waals surface area contributed by atoms with E-state index < -0.39 is 0 Å². The van der Waals surface area contributed by atoms with E-state index in [4.69, 9.17) is 4.74 Å². The van der Waals surface area contributed by atoms with Gasteiger partial charge in [-0.3, -0.25) is 4.79 Å². The summed E-state index contributed by atoms with van der Waals surface area (Å²) in [5, 5.41) is 2.48. The number of thiazole rings is 1. The molecule has 1 aliphatic rings. The molecule has 116 valence electrons. The number of hydrogen-bond acceptors (Lipinski definition) is 4. The van der Waals surface area contributed by atoms with Crippen molar-refractivity contribution in [1.29, 1.82) is 0 Å². The second kappa shape index (κ2) is 6.14. The lowest BCUT2D eigenvalue weighted by atomic mass is 10.2. The van der Waals surface area contributed by atoms with E-state index in [9.17, 15) is 9.18 Å². The smallest absolute Gasteiger partial charge is 0.273 e. The average molecular weight is 320 g/mol. The van der Waals surface area contributed by atoms with Gasteiger partial charge in [-0.15, -0.1) is 11.3 Å². The molecule has 1 amide bonds. The maximum absolute atomic E-state index is 13.0. The van der Waals surface area contributed by atoms with Crippen LogP contribution in [0.25, 0.3) is 10.6 Å². The quantitative estimate of drug-likeness (QED) is 0.853. The normalized spacial score (nSPS) is 21.9. The minimum Gasteiger partial charge on any atom is -0.372 e. The summed E-state index contributed by atoms with van der Waals surface area (Å²) in [5.74, 6) is -0.362. The molecule has 0 aliphatic carbocycles. The molecule has 1 fully saturated rings. The van der Waals surface area contributed by atoms with Crippen molar-refractivity contribution in [2.75, 3.05) is 13.1 Å². The zero-order chi connectivity index (χ0) is 15.7. The molecule has 3 rings (SSSR count). The summed E-state index contributed by atoms with van der Waals surface area (Å²) in [6.45, 7) is 5.07. The number of carbonyl (C=O) groups excluding carboxylic acids is 1. The van der Waals surface area contributed by atoms with Gasteiger partial charge in [-0.1, -0.05) is 0 Å². The van der Waals surface area contributed by atoms with Crippen LogP contribution < -0.4 is 0 Å². The van der Waals surface area contributed by atoms with Crippen molar-refractivity contribution in [1.82, 2.24) is 9.88 Å². The first-order valence-corrected chi connectivity index (χ1v) is 8.07. The molecule has 4 nitrogen and oxygen atoms in total. The van der Waals surface area contributed by atoms with Gasteiger partial charge in [0.15, 0.2) is 0 Å². The summed E-state index contributed by atoms with van der Waals surface area (Å²) in [4.78, 5) is 18.7. The number of morpholine rings is 1. The van der Waals surface area contributed by atoms with Crippen LogP contribution in [-0.4, -0.2) is 41.1 Å². The largest absolute Gasteiger partial charge is 0.372 e. The molecule has 1 aromatic heterocycles. The van der Waals surface area contributed by atoms with Crippen molar-refractivity contribution < 1.29 is 13.9 Å². The number of hydrogen-bond donors (Lipinski definition) is 0. The Morgan fingerprint density at radius 2 is 1.91 bits per heavy atom. The summed E-state index contributed by atoms with van der Waals surface area (Å²) in [6.07, 6.45) is 0.0609. The number of rotatable bonds is 2. The van der Waals surface area contributed by atoms with Gasteiger partial charge in [0.1, 0.15) is 16.5 Å². The number of halogens is 1. The molecule has 1 saturated heterocycles. The van der Waals surface area contributed by atoms with Gasteiger partial charge >= 0.3 is 0 Å². The Bertz CT molecular complexity index is 661. The van der Waals surface area contributed by atoms with E-state index in [0.29, 0.717) is 18.8 Å². The van der Waals surface area contributed by atoms with E-state index in [1.807, 2.05) is 13.8 Å². The number of nitrogens with zero attached hydrogens (tertiary/aromatic N) is 2. The zero-order valence-corrected chi connectivity index (χ0v) is 13.3. The first-order chi connectivity index (χ1) is 10.5. The Labute approximate surface area is 132 Å². The number of carbonyl (C=O) groups is 1. The lowest BCUT2D eigenvalue weighted by molar-refractivity contribution is -0.0587. The minimum atomic E-state index is -0.284. The Morgan fingerprint density at radius 3 is 2.55 bits per heavy atom. The van der Waals surface area contributed by atoms with E-state index >= 15 is 0 Å². The first-order valence-electron chi connectivity index (χ1n) is 7.19. The molecule has 2 atom stereocenters. The molecule has 1 aliphatic heterocycles. The van der Waals surface area contributed by atoms with E-state index in [0.717, 1.165) is 10.6 Å². The van der Waals surface area contributed by atoms with Gasteiger partial charge in [-0.2, -0.15) is 0 Å². The molecule has 6 heteroatoms. The summed E-state index contributed by atoms with van der Waals surface area (Å²) < 4.78 is 18.6. The van der Waals surface area contributed by atoms with Crippen molar-refractivity contribution >= 4 is 17.2 Å². The van der Waals surface area contributed by atoms with Crippen LogP contribution in [0.15, 0.2) is 29.6 Å². The van der Waals surface area contributed by atoms with Gasteiger partial charge < -0.3 is 9.64 Å². The highest BCUT2D eigenvalue weighted by atomic mass is 32.1. The molecule has 0 bridgehead atoms. The second-order valence-corrected chi connectivity index (χ2v) is 6.37. The molecule has 22 heavy (non-hydrogen) atoms. The topological polar surface area (TPSA) is 42.4 Å². The highest BCUT2D eigenvalue weighted by Crippen LogP contribution is 2.25. The fourth-order valence-corrected chi connectivity index (χ4v) is 3.40. The van der Waals surface area contributed by atoms with E-state index in [-0.39, 0.29) is 23.9 Å². The molecular weight excluding hydrogens is 303 g/mol. The molecule has 2 unspecified atom stereocenters. The predicted octanol–water partition coefficient (Wildman–Crippen LogP) is 3.20. The maximum atomic E-state index is 13.0. The Morgan fingerprint density at radius 1 is 1.27 bits per heavy atom. The van der Waals surface area contributed by atoms with Gasteiger partial charge in [0.05, 0.1) is 12.2 Å². The van der Waals surface area contributed by atoms with E-state index in [2.05, 4.69) is 4.98 Å². The van der Waals surface area contributed by atoms with Crippen molar-refractivity contribution in [2.24, 2.45) is 0 Å². The van der Waals surface area contributed by atoms with E-state index in [1.54, 1.807) is 22.4 Å². The average Bonchev–Trinajstić information content (AvgIpc) is 2.96. The summed E-state index contributed by atoms with van der Waals surface area (Å²) in [5.41, 5.74) is 1.25. The predicted molar refractivity (Wildman–Crippen MR) is 83.4 cm³/mol. The third-order valence-corrected chi connectivity index (χ3v) is 4.41. The van der Waals surface area contributed by atoms with Crippen molar-refractivity contribution in [3.05, 3.63) is 41.2 Å². The zero-order valence-electron chi connectivity index (χ0n) is 12.5. The second-order valence-electron chi connectivity index (χ2n) is 5.51. The molecule has 0 N–H and O–H groups in total. The summed E-state index contributed by atoms with van der Waals surface area (Å²) >= 11 is 1.39. The van der Waals surface area contributed by atoms with Crippen molar-refractivity contribution in [3.8, 4) is 10.6 Å². The van der Waals surface area contributed by atoms with Crippen LogP contribution >= 0.6 is 11.3 Å². The van der Waals surface area contributed by atoms with Gasteiger partial charge in [0.2, 0.25) is 0 Å². The van der Waals surface area contributed by atoms with Gasteiger partial charge in [0.25, 0.3) is 5.91 Å². The molecule has 0 radical (unpaired) electrons. The minimum absolute atomic E-state index is 0.0305. The highest BCUT2D eigenvalue weighted by molar-refractivity contribution is 7.13. The molecule has 0 spiro atoms. The number of amides is 1. The van der Waals surface area contributed by atoms with Crippen molar-refractivity contribution in [2.45, 2.75) is 26.1 Å². The molecule has 1 aromatic carbocycles. The van der Waals surface area contributed by atoms with Crippen LogP contribution in [0.2, 0.25) is 0 Å². The summed E-state index contributed by atoms with van der Waals surface area (Å²) in [7, 11) is 0. The van der Waals surface area contributed by atoms with Crippen LogP contribution in [0.4, 0.5) is 4.39 Å². The first kappa shape index (κ1) is 15.1. The number of benzene rings is 1. The van der Waals surface area contributed by atoms with Crippen LogP contribution in [0.3, 0.4) is 0 Å². The van der Waals surface area contributed by atoms with E-state index in [1.165, 1.54) is 23.5 Å². The Kier molecular flexibility index (Phi) is 4.22. The third-order valence-electron chi connectivity index (χ3n) is 3.52. The standard InChI is InChI=1S/C16H17FN2O2S/c1-10-7-19(8-11(2)21-10)16(20)14-9-22-15(18-14)12-3-5-13(17)6-4-12/h3-6,9-11H,7-8H2,1-2H3. The Hall–Kier alpha value is -1.79. The fraction of sp³-hybridized carbons (Fsp3) is 0.375. The molecular formula is C16H17FN2O2S. The molecule has 2 aromatic rings. The lowest BCUT2D eigenvalue weighted by Gasteiger charge is -2.34. The Balaban J connectivity index is 1.78. The number of aromatic nitrogens is 1. The fourth-order valence-electron chi connectivity index (χ4n) is 2.60. The SMILES string of the molecule is CC1CN(C(=O)c2csc(-c3ccc(F)cc3)n2)CC(C)O1. The highest BCUT2D eigenvalue weighted by Gasteiger charge is 2.27. The maximum Gasteiger partial charge on any atom is 0.273 e. The monoisotopic (exact) mass is 320 g/mol. The van der Waals surface area contributed by atoms with Crippen LogP contribution in [0.1, 0.15) is 24.3 Å². The van der Waals surface area contributed by atoms with Crippen LogP contribution in [-0.2, 0) is 4.74 Å². The molecule has 0 saturated carbocycles. The van der Waals surface area contributed by atoms with Crippen LogP contribution in [0.5, 0.6) is 0 Å². The van der Waals surface area contributed by atoms with Gasteiger partial charge in [-0.05, 0) is 38.1 Å². The number of ether oxygens (including phenoxy) is 1. The van der Waals surface area contributed by atoms with Crippen LogP contribution in [0, 0.1) is 5.82 Å². The van der Waals surface area contributed by atoms with Gasteiger partial charge in [-0.25, -0.2) is 9.37 Å². The summed E-state index contributed by atoms with van der Waals surface area (Å²) in [6, 6.07) is 6.12.